The second-order valence-corrected chi connectivity index (χ2v) is 5.74. The van der Waals surface area contributed by atoms with E-state index in [4.69, 9.17) is 22.1 Å². The van der Waals surface area contributed by atoms with Gasteiger partial charge in [0.05, 0.1) is 17.5 Å². The van der Waals surface area contributed by atoms with Crippen LogP contribution in [0.25, 0.3) is 0 Å². The summed E-state index contributed by atoms with van der Waals surface area (Å²) in [6.07, 6.45) is 0.0462. The van der Waals surface area contributed by atoms with E-state index in [1.165, 1.54) is 0 Å². The lowest BCUT2D eigenvalue weighted by Crippen LogP contribution is -2.14. The van der Waals surface area contributed by atoms with Crippen LogP contribution in [0.2, 0.25) is 5.02 Å². The number of benzene rings is 2. The summed E-state index contributed by atoms with van der Waals surface area (Å²) in [4.78, 5) is 12.3. The highest BCUT2D eigenvalue weighted by atomic mass is 35.5. The van der Waals surface area contributed by atoms with Crippen LogP contribution in [0.5, 0.6) is 5.75 Å². The van der Waals surface area contributed by atoms with Crippen molar-refractivity contribution in [3.05, 3.63) is 52.5 Å². The molecule has 4 nitrogen and oxygen atoms in total. The summed E-state index contributed by atoms with van der Waals surface area (Å²) in [6, 6.07) is 10.4. The summed E-state index contributed by atoms with van der Waals surface area (Å²) in [5.74, 6) is 0.387. The maximum absolute atomic E-state index is 12.3. The number of rotatable bonds is 4. The number of aryl methyl sites for hydroxylation is 1. The SMILES string of the molecule is Cc1cc(N)c(NC(=O)c2cccc(OC(C)C)c2)cc1Cl. The van der Waals surface area contributed by atoms with E-state index in [0.717, 1.165) is 5.56 Å². The van der Waals surface area contributed by atoms with Gasteiger partial charge in [0.1, 0.15) is 5.75 Å². The first-order valence-corrected chi connectivity index (χ1v) is 7.38. The van der Waals surface area contributed by atoms with E-state index in [0.29, 0.717) is 27.7 Å². The fraction of sp³-hybridized carbons (Fsp3) is 0.235. The molecule has 22 heavy (non-hydrogen) atoms. The fourth-order valence-corrected chi connectivity index (χ4v) is 2.15. The van der Waals surface area contributed by atoms with Gasteiger partial charge in [0.25, 0.3) is 5.91 Å². The Morgan fingerprint density at radius 2 is 2.00 bits per heavy atom. The lowest BCUT2D eigenvalue weighted by molar-refractivity contribution is 0.102. The number of nitrogens with one attached hydrogen (secondary N) is 1. The summed E-state index contributed by atoms with van der Waals surface area (Å²) in [5.41, 5.74) is 8.25. The number of nitrogen functional groups attached to an aromatic ring is 1. The van der Waals surface area contributed by atoms with Gasteiger partial charge in [-0.05, 0) is 56.7 Å². The smallest absolute Gasteiger partial charge is 0.255 e. The molecule has 0 bridgehead atoms. The third kappa shape index (κ3) is 3.92. The average molecular weight is 319 g/mol. The maximum Gasteiger partial charge on any atom is 0.255 e. The van der Waals surface area contributed by atoms with Crippen molar-refractivity contribution >= 4 is 28.9 Å². The van der Waals surface area contributed by atoms with Crippen molar-refractivity contribution in [1.82, 2.24) is 0 Å². The Morgan fingerprint density at radius 3 is 2.68 bits per heavy atom. The topological polar surface area (TPSA) is 64.3 Å². The van der Waals surface area contributed by atoms with E-state index in [2.05, 4.69) is 5.32 Å². The number of halogens is 1. The minimum absolute atomic E-state index is 0.0462. The molecule has 1 amide bonds. The molecule has 0 unspecified atom stereocenters. The highest BCUT2D eigenvalue weighted by Crippen LogP contribution is 2.27. The number of anilines is 2. The van der Waals surface area contributed by atoms with Crippen molar-refractivity contribution in [1.29, 1.82) is 0 Å². The highest BCUT2D eigenvalue weighted by Gasteiger charge is 2.11. The van der Waals surface area contributed by atoms with Gasteiger partial charge in [-0.1, -0.05) is 17.7 Å². The Labute approximate surface area is 135 Å². The molecule has 0 spiro atoms. The van der Waals surface area contributed by atoms with Crippen molar-refractivity contribution in [2.24, 2.45) is 0 Å². The van der Waals surface area contributed by atoms with Gasteiger partial charge in [0, 0.05) is 10.6 Å². The maximum atomic E-state index is 12.3. The summed E-state index contributed by atoms with van der Waals surface area (Å²) >= 11 is 6.07. The molecule has 0 atom stereocenters. The molecule has 0 aliphatic heterocycles. The molecule has 3 N–H and O–H groups in total. The van der Waals surface area contributed by atoms with Gasteiger partial charge in [0.2, 0.25) is 0 Å². The average Bonchev–Trinajstić information content (AvgIpc) is 2.44. The number of hydrogen-bond acceptors (Lipinski definition) is 3. The quantitative estimate of drug-likeness (QED) is 0.827. The number of carbonyl (C=O) groups is 1. The zero-order valence-electron chi connectivity index (χ0n) is 12.8. The predicted molar refractivity (Wildman–Crippen MR) is 90.8 cm³/mol. The van der Waals surface area contributed by atoms with Crippen LogP contribution in [0, 0.1) is 6.92 Å². The predicted octanol–water partition coefficient (Wildman–Crippen LogP) is 4.27. The van der Waals surface area contributed by atoms with Crippen molar-refractivity contribution in [2.75, 3.05) is 11.1 Å². The van der Waals surface area contributed by atoms with Crippen LogP contribution in [0.3, 0.4) is 0 Å². The van der Waals surface area contributed by atoms with Gasteiger partial charge in [0.15, 0.2) is 0 Å². The number of ether oxygens (including phenoxy) is 1. The first kappa shape index (κ1) is 16.2. The molecule has 0 aliphatic carbocycles. The van der Waals surface area contributed by atoms with Gasteiger partial charge in [-0.3, -0.25) is 4.79 Å². The lowest BCUT2D eigenvalue weighted by Gasteiger charge is -2.12. The Balaban J connectivity index is 2.21. The minimum Gasteiger partial charge on any atom is -0.491 e. The third-order valence-electron chi connectivity index (χ3n) is 3.05. The zero-order valence-corrected chi connectivity index (χ0v) is 13.6. The first-order valence-electron chi connectivity index (χ1n) is 7.00. The van der Waals surface area contributed by atoms with E-state index in [9.17, 15) is 4.79 Å². The second kappa shape index (κ2) is 6.71. The van der Waals surface area contributed by atoms with Crippen LogP contribution >= 0.6 is 11.6 Å². The number of nitrogens with two attached hydrogens (primary N) is 1. The normalized spacial score (nSPS) is 10.6. The van der Waals surface area contributed by atoms with Gasteiger partial charge in [-0.2, -0.15) is 0 Å². The molecule has 0 saturated carbocycles. The molecule has 2 aromatic carbocycles. The molecule has 5 heteroatoms. The third-order valence-corrected chi connectivity index (χ3v) is 3.45. The molecule has 116 valence electrons. The van der Waals surface area contributed by atoms with Gasteiger partial charge >= 0.3 is 0 Å². The Morgan fingerprint density at radius 1 is 1.27 bits per heavy atom. The number of carbonyl (C=O) groups excluding carboxylic acids is 1. The van der Waals surface area contributed by atoms with E-state index in [1.54, 1.807) is 30.3 Å². The van der Waals surface area contributed by atoms with Crippen molar-refractivity contribution in [3.8, 4) is 5.75 Å². The molecular weight excluding hydrogens is 300 g/mol. The number of amides is 1. The van der Waals surface area contributed by atoms with Crippen LogP contribution in [0.1, 0.15) is 29.8 Å². The van der Waals surface area contributed by atoms with Crippen LogP contribution in [0.15, 0.2) is 36.4 Å². The molecule has 0 saturated heterocycles. The van der Waals surface area contributed by atoms with Crippen molar-refractivity contribution in [3.63, 3.8) is 0 Å². The van der Waals surface area contributed by atoms with Gasteiger partial charge in [-0.15, -0.1) is 0 Å². The highest BCUT2D eigenvalue weighted by molar-refractivity contribution is 6.32. The summed E-state index contributed by atoms with van der Waals surface area (Å²) in [7, 11) is 0. The molecule has 2 aromatic rings. The minimum atomic E-state index is -0.263. The van der Waals surface area contributed by atoms with E-state index < -0.39 is 0 Å². The zero-order chi connectivity index (χ0) is 16.3. The summed E-state index contributed by atoms with van der Waals surface area (Å²) < 4.78 is 5.59. The van der Waals surface area contributed by atoms with Crippen LogP contribution in [0.4, 0.5) is 11.4 Å². The monoisotopic (exact) mass is 318 g/mol. The lowest BCUT2D eigenvalue weighted by atomic mass is 10.1. The molecule has 0 aliphatic rings. The van der Waals surface area contributed by atoms with Gasteiger partial charge < -0.3 is 15.8 Å². The Kier molecular flexibility index (Phi) is 4.93. The van der Waals surface area contributed by atoms with Crippen molar-refractivity contribution < 1.29 is 9.53 Å². The van der Waals surface area contributed by atoms with Crippen molar-refractivity contribution in [2.45, 2.75) is 26.9 Å². The second-order valence-electron chi connectivity index (χ2n) is 5.34. The first-order chi connectivity index (χ1) is 10.4. The van der Waals surface area contributed by atoms with Gasteiger partial charge in [-0.25, -0.2) is 0 Å². The molecule has 0 radical (unpaired) electrons. The van der Waals surface area contributed by atoms with E-state index in [-0.39, 0.29) is 12.0 Å². The van der Waals surface area contributed by atoms with E-state index >= 15 is 0 Å². The largest absolute Gasteiger partial charge is 0.491 e. The summed E-state index contributed by atoms with van der Waals surface area (Å²) in [6.45, 7) is 5.72. The Hall–Kier alpha value is -2.20. The molecule has 0 aromatic heterocycles. The molecular formula is C17H19ClN2O2. The molecule has 0 heterocycles. The van der Waals surface area contributed by atoms with Crippen LogP contribution in [-0.2, 0) is 0 Å². The van der Waals surface area contributed by atoms with Crippen LogP contribution in [-0.4, -0.2) is 12.0 Å². The number of hydrogen-bond donors (Lipinski definition) is 2. The standard InChI is InChI=1S/C17H19ClN2O2/c1-10(2)22-13-6-4-5-12(8-13)17(21)20-16-9-14(18)11(3)7-15(16)19/h4-10H,19H2,1-3H3,(H,20,21). The summed E-state index contributed by atoms with van der Waals surface area (Å²) in [5, 5.41) is 3.33. The fourth-order valence-electron chi connectivity index (χ4n) is 1.99. The molecule has 2 rings (SSSR count). The van der Waals surface area contributed by atoms with E-state index in [1.807, 2.05) is 26.8 Å². The molecule has 0 fully saturated rings. The van der Waals surface area contributed by atoms with Crippen LogP contribution < -0.4 is 15.8 Å². The Bertz CT molecular complexity index is 699.